The van der Waals surface area contributed by atoms with Crippen LogP contribution in [-0.2, 0) is 16.9 Å². The second kappa shape index (κ2) is 7.44. The summed E-state index contributed by atoms with van der Waals surface area (Å²) in [6.07, 6.45) is -0.321. The van der Waals surface area contributed by atoms with Crippen molar-refractivity contribution in [3.63, 3.8) is 0 Å². The lowest BCUT2D eigenvalue weighted by molar-refractivity contribution is -0.0365. The summed E-state index contributed by atoms with van der Waals surface area (Å²) in [4.78, 5) is 0. The van der Waals surface area contributed by atoms with E-state index in [1.165, 1.54) is 0 Å². The van der Waals surface area contributed by atoms with Gasteiger partial charge in [0.1, 0.15) is 6.23 Å². The van der Waals surface area contributed by atoms with Gasteiger partial charge in [-0.3, -0.25) is 0 Å². The van der Waals surface area contributed by atoms with E-state index in [1.807, 2.05) is 30.3 Å². The Morgan fingerprint density at radius 1 is 1.14 bits per heavy atom. The fraction of sp³-hybridized carbons (Fsp3) is 0.294. The Labute approximate surface area is 140 Å². The first kappa shape index (κ1) is 17.3. The van der Waals surface area contributed by atoms with Gasteiger partial charge in [-0.15, -0.1) is 0 Å². The predicted molar refractivity (Wildman–Crippen MR) is 89.9 cm³/mol. The van der Waals surface area contributed by atoms with Crippen molar-refractivity contribution in [2.45, 2.75) is 31.8 Å². The number of nitrogens with two attached hydrogens (primary N) is 1. The topological polar surface area (TPSA) is 55.5 Å². The molecule has 0 aliphatic carbocycles. The number of ether oxygens (including phenoxy) is 1. The van der Waals surface area contributed by atoms with Gasteiger partial charge in [-0.25, -0.2) is 0 Å². The van der Waals surface area contributed by atoms with E-state index in [-0.39, 0.29) is 13.0 Å². The first-order valence-corrected chi connectivity index (χ1v) is 7.72. The minimum atomic E-state index is -1.05. The highest BCUT2D eigenvalue weighted by Crippen LogP contribution is 2.26. The second-order valence-electron chi connectivity index (χ2n) is 5.47. The van der Waals surface area contributed by atoms with Crippen molar-refractivity contribution in [1.82, 2.24) is 0 Å². The molecule has 2 atom stereocenters. The molecule has 22 heavy (non-hydrogen) atoms. The molecule has 0 aromatic heterocycles. The first-order chi connectivity index (χ1) is 10.4. The Bertz CT molecular complexity index is 597. The molecule has 0 aliphatic heterocycles. The van der Waals surface area contributed by atoms with Crippen molar-refractivity contribution in [1.29, 1.82) is 0 Å². The molecule has 0 fully saturated rings. The van der Waals surface area contributed by atoms with Gasteiger partial charge in [-0.05, 0) is 36.2 Å². The van der Waals surface area contributed by atoms with E-state index in [1.54, 1.807) is 25.1 Å². The van der Waals surface area contributed by atoms with Crippen molar-refractivity contribution in [3.8, 4) is 0 Å². The van der Waals surface area contributed by atoms with E-state index in [4.69, 9.17) is 33.7 Å². The molecule has 0 radical (unpaired) electrons. The van der Waals surface area contributed by atoms with Crippen molar-refractivity contribution in [2.24, 2.45) is 5.73 Å². The molecule has 2 rings (SSSR count). The molecule has 0 heterocycles. The van der Waals surface area contributed by atoms with Crippen molar-refractivity contribution >= 4 is 23.2 Å². The Morgan fingerprint density at radius 2 is 1.73 bits per heavy atom. The van der Waals surface area contributed by atoms with E-state index >= 15 is 0 Å². The van der Waals surface area contributed by atoms with Gasteiger partial charge < -0.3 is 15.6 Å². The average Bonchev–Trinajstić information content (AvgIpc) is 2.45. The van der Waals surface area contributed by atoms with Crippen LogP contribution in [0.5, 0.6) is 0 Å². The summed E-state index contributed by atoms with van der Waals surface area (Å²) in [6.45, 7) is 2.01. The van der Waals surface area contributed by atoms with E-state index < -0.39 is 11.8 Å². The van der Waals surface area contributed by atoms with Gasteiger partial charge in [0.2, 0.25) is 0 Å². The molecule has 0 spiro atoms. The molecule has 0 saturated heterocycles. The third-order valence-corrected chi connectivity index (χ3v) is 3.82. The van der Waals surface area contributed by atoms with Crippen molar-refractivity contribution in [2.75, 3.05) is 0 Å². The minimum Gasteiger partial charge on any atom is -0.385 e. The molecule has 0 aliphatic rings. The number of hydrogen-bond donors (Lipinski definition) is 2. The number of hydrogen-bond acceptors (Lipinski definition) is 3. The molecular formula is C17H19Cl2NO2. The van der Waals surface area contributed by atoms with Gasteiger partial charge in [0.15, 0.2) is 0 Å². The van der Waals surface area contributed by atoms with Crippen LogP contribution in [-0.4, -0.2) is 11.3 Å². The number of rotatable bonds is 6. The van der Waals surface area contributed by atoms with Gasteiger partial charge in [0.25, 0.3) is 0 Å². The molecule has 0 saturated carbocycles. The molecule has 2 aromatic rings. The third kappa shape index (κ3) is 4.97. The SMILES string of the molecule is CC(O)(CC(N)OCc1cc(Cl)cc(Cl)c1)c1ccccc1. The molecule has 118 valence electrons. The molecule has 5 heteroatoms. The van der Waals surface area contributed by atoms with Gasteiger partial charge in [-0.1, -0.05) is 53.5 Å². The fourth-order valence-electron chi connectivity index (χ4n) is 2.26. The maximum absolute atomic E-state index is 10.5. The monoisotopic (exact) mass is 339 g/mol. The number of halogens is 2. The summed E-state index contributed by atoms with van der Waals surface area (Å²) in [5.41, 5.74) is 6.57. The van der Waals surface area contributed by atoms with Crippen LogP contribution < -0.4 is 5.73 Å². The van der Waals surface area contributed by atoms with E-state index in [2.05, 4.69) is 0 Å². The van der Waals surface area contributed by atoms with Crippen LogP contribution in [0.4, 0.5) is 0 Å². The quantitative estimate of drug-likeness (QED) is 0.779. The summed E-state index contributed by atoms with van der Waals surface area (Å²) in [7, 11) is 0. The molecule has 0 bridgehead atoms. The van der Waals surface area contributed by atoms with Gasteiger partial charge in [0.05, 0.1) is 12.2 Å². The Morgan fingerprint density at radius 3 is 2.32 bits per heavy atom. The van der Waals surface area contributed by atoms with Crippen molar-refractivity contribution < 1.29 is 9.84 Å². The van der Waals surface area contributed by atoms with Gasteiger partial charge in [-0.2, -0.15) is 0 Å². The van der Waals surface area contributed by atoms with Crippen LogP contribution in [0, 0.1) is 0 Å². The summed E-state index contributed by atoms with van der Waals surface area (Å²) >= 11 is 11.9. The average molecular weight is 340 g/mol. The zero-order valence-electron chi connectivity index (χ0n) is 12.3. The summed E-state index contributed by atoms with van der Waals surface area (Å²) < 4.78 is 5.60. The molecule has 3 nitrogen and oxygen atoms in total. The highest BCUT2D eigenvalue weighted by molar-refractivity contribution is 6.34. The highest BCUT2D eigenvalue weighted by Gasteiger charge is 2.26. The molecule has 3 N–H and O–H groups in total. The largest absolute Gasteiger partial charge is 0.385 e. The van der Waals surface area contributed by atoms with E-state index in [0.717, 1.165) is 11.1 Å². The first-order valence-electron chi connectivity index (χ1n) is 6.97. The molecule has 0 amide bonds. The summed E-state index contributed by atoms with van der Waals surface area (Å²) in [6, 6.07) is 14.6. The van der Waals surface area contributed by atoms with E-state index in [9.17, 15) is 5.11 Å². The van der Waals surface area contributed by atoms with Crippen molar-refractivity contribution in [3.05, 3.63) is 69.7 Å². The lowest BCUT2D eigenvalue weighted by atomic mass is 9.92. The Balaban J connectivity index is 1.94. The Hall–Kier alpha value is -1.10. The van der Waals surface area contributed by atoms with Gasteiger partial charge in [0, 0.05) is 16.5 Å². The zero-order chi connectivity index (χ0) is 16.2. The third-order valence-electron chi connectivity index (χ3n) is 3.38. The number of aliphatic hydroxyl groups is 1. The molecule has 2 unspecified atom stereocenters. The highest BCUT2D eigenvalue weighted by atomic mass is 35.5. The number of benzene rings is 2. The van der Waals surface area contributed by atoms with Crippen LogP contribution in [0.2, 0.25) is 10.0 Å². The Kier molecular flexibility index (Phi) is 5.84. The van der Waals surface area contributed by atoms with Crippen LogP contribution in [0.25, 0.3) is 0 Å². The van der Waals surface area contributed by atoms with E-state index in [0.29, 0.717) is 10.0 Å². The lowest BCUT2D eigenvalue weighted by Gasteiger charge is -2.27. The van der Waals surface area contributed by atoms with Crippen LogP contribution in [0.15, 0.2) is 48.5 Å². The van der Waals surface area contributed by atoms with Crippen LogP contribution in [0.3, 0.4) is 0 Å². The zero-order valence-corrected chi connectivity index (χ0v) is 13.8. The van der Waals surface area contributed by atoms with Crippen LogP contribution >= 0.6 is 23.2 Å². The molecule has 2 aromatic carbocycles. The normalized spacial score (nSPS) is 15.3. The standard InChI is InChI=1S/C17H19Cl2NO2/c1-17(21,13-5-3-2-4-6-13)10-16(20)22-11-12-7-14(18)9-15(19)8-12/h2-9,16,21H,10-11,20H2,1H3. The second-order valence-corrected chi connectivity index (χ2v) is 6.34. The summed E-state index contributed by atoms with van der Waals surface area (Å²) in [5, 5.41) is 11.6. The summed E-state index contributed by atoms with van der Waals surface area (Å²) in [5.74, 6) is 0. The van der Waals surface area contributed by atoms with Gasteiger partial charge >= 0.3 is 0 Å². The fourth-order valence-corrected chi connectivity index (χ4v) is 2.83. The smallest absolute Gasteiger partial charge is 0.109 e. The predicted octanol–water partition coefficient (Wildman–Crippen LogP) is 4.09. The van der Waals surface area contributed by atoms with Crippen LogP contribution in [0.1, 0.15) is 24.5 Å². The maximum Gasteiger partial charge on any atom is 0.109 e. The molecular weight excluding hydrogens is 321 g/mol. The lowest BCUT2D eigenvalue weighted by Crippen LogP contribution is -2.34. The maximum atomic E-state index is 10.5. The minimum absolute atomic E-state index is 0.283.